The molecule has 1 amide bonds. The van der Waals surface area contributed by atoms with Crippen molar-refractivity contribution in [3.63, 3.8) is 0 Å². The lowest BCUT2D eigenvalue weighted by Crippen LogP contribution is -2.46. The highest BCUT2D eigenvalue weighted by molar-refractivity contribution is 7.92. The van der Waals surface area contributed by atoms with Crippen LogP contribution in [0, 0.1) is 0 Å². The third-order valence-corrected chi connectivity index (χ3v) is 6.34. The number of likely N-dealkylation sites (tertiary alicyclic amines) is 1. The van der Waals surface area contributed by atoms with Crippen LogP contribution in [0.3, 0.4) is 0 Å². The molecule has 122 valence electrons. The van der Waals surface area contributed by atoms with Crippen molar-refractivity contribution >= 4 is 15.7 Å². The number of amides is 1. The topological polar surface area (TPSA) is 66.5 Å². The molecule has 2 rings (SSSR count). The molecule has 5 nitrogen and oxygen atoms in total. The quantitative estimate of drug-likeness (QED) is 0.915. The summed E-state index contributed by atoms with van der Waals surface area (Å²) in [6.45, 7) is 4.75. The van der Waals surface area contributed by atoms with Crippen molar-refractivity contribution in [1.82, 2.24) is 10.2 Å². The minimum atomic E-state index is -3.29. The number of hydrogen-bond donors (Lipinski definition) is 1. The number of benzene rings is 1. The van der Waals surface area contributed by atoms with E-state index in [1.165, 1.54) is 12.1 Å². The van der Waals surface area contributed by atoms with Gasteiger partial charge in [0, 0.05) is 24.7 Å². The molecule has 0 radical (unpaired) electrons. The minimum Gasteiger partial charge on any atom is -0.337 e. The molecule has 1 saturated heterocycles. The van der Waals surface area contributed by atoms with Gasteiger partial charge in [-0.2, -0.15) is 0 Å². The van der Waals surface area contributed by atoms with E-state index in [4.69, 9.17) is 0 Å². The van der Waals surface area contributed by atoms with Crippen LogP contribution in [-0.2, 0) is 9.84 Å². The normalized spacial score (nSPS) is 19.5. The molecular formula is C16H24N2O3S. The number of likely N-dealkylation sites (N-methyl/N-ethyl adjacent to an activating group) is 1. The smallest absolute Gasteiger partial charge is 0.253 e. The number of hydrogen-bond acceptors (Lipinski definition) is 4. The van der Waals surface area contributed by atoms with Crippen molar-refractivity contribution in [3.05, 3.63) is 29.8 Å². The van der Waals surface area contributed by atoms with Gasteiger partial charge in [0.05, 0.1) is 10.1 Å². The minimum absolute atomic E-state index is 0.0338. The number of carbonyl (C=O) groups is 1. The zero-order valence-electron chi connectivity index (χ0n) is 13.4. The van der Waals surface area contributed by atoms with Crippen LogP contribution in [0.4, 0.5) is 0 Å². The SMILES string of the molecule is CN[C@H]1CCCN(C(=O)c2ccc(S(=O)(=O)C(C)C)cc2)C1. The molecule has 0 aliphatic carbocycles. The summed E-state index contributed by atoms with van der Waals surface area (Å²) >= 11 is 0. The largest absolute Gasteiger partial charge is 0.337 e. The summed E-state index contributed by atoms with van der Waals surface area (Å²) in [5.41, 5.74) is 0.541. The van der Waals surface area contributed by atoms with Crippen LogP contribution in [0.5, 0.6) is 0 Å². The number of rotatable bonds is 4. The van der Waals surface area contributed by atoms with Crippen molar-refractivity contribution < 1.29 is 13.2 Å². The van der Waals surface area contributed by atoms with Gasteiger partial charge in [-0.05, 0) is 58.0 Å². The molecule has 22 heavy (non-hydrogen) atoms. The molecule has 0 spiro atoms. The second kappa shape index (κ2) is 6.79. The summed E-state index contributed by atoms with van der Waals surface area (Å²) in [6, 6.07) is 6.61. The number of sulfone groups is 1. The maximum Gasteiger partial charge on any atom is 0.253 e. The van der Waals surface area contributed by atoms with Crippen LogP contribution in [0.25, 0.3) is 0 Å². The lowest BCUT2D eigenvalue weighted by atomic mass is 10.0. The highest BCUT2D eigenvalue weighted by Crippen LogP contribution is 2.18. The number of carbonyl (C=O) groups excluding carboxylic acids is 1. The van der Waals surface area contributed by atoms with E-state index in [0.29, 0.717) is 18.2 Å². The van der Waals surface area contributed by atoms with E-state index < -0.39 is 15.1 Å². The fourth-order valence-electron chi connectivity index (χ4n) is 2.64. The average Bonchev–Trinajstić information content (AvgIpc) is 2.54. The maximum atomic E-state index is 12.5. The van der Waals surface area contributed by atoms with Crippen LogP contribution < -0.4 is 5.32 Å². The van der Waals surface area contributed by atoms with Gasteiger partial charge in [0.15, 0.2) is 9.84 Å². The number of nitrogens with zero attached hydrogens (tertiary/aromatic N) is 1. The number of piperidine rings is 1. The molecule has 1 heterocycles. The van der Waals surface area contributed by atoms with E-state index in [0.717, 1.165) is 19.4 Å². The predicted molar refractivity (Wildman–Crippen MR) is 86.7 cm³/mol. The van der Waals surface area contributed by atoms with Gasteiger partial charge in [0.2, 0.25) is 0 Å². The zero-order chi connectivity index (χ0) is 16.3. The van der Waals surface area contributed by atoms with Crippen LogP contribution in [0.1, 0.15) is 37.0 Å². The third kappa shape index (κ3) is 3.50. The summed E-state index contributed by atoms with van der Waals surface area (Å²) in [4.78, 5) is 14.6. The Hall–Kier alpha value is -1.40. The Balaban J connectivity index is 2.15. The van der Waals surface area contributed by atoms with Gasteiger partial charge in [-0.25, -0.2) is 8.42 Å². The van der Waals surface area contributed by atoms with E-state index in [9.17, 15) is 13.2 Å². The molecule has 1 aromatic rings. The fraction of sp³-hybridized carbons (Fsp3) is 0.562. The van der Waals surface area contributed by atoms with E-state index in [2.05, 4.69) is 5.32 Å². The molecule has 1 aromatic carbocycles. The van der Waals surface area contributed by atoms with Crippen molar-refractivity contribution in [2.24, 2.45) is 0 Å². The van der Waals surface area contributed by atoms with Crippen molar-refractivity contribution in [3.8, 4) is 0 Å². The Bertz CT molecular complexity index is 623. The fourth-order valence-corrected chi connectivity index (χ4v) is 3.70. The molecular weight excluding hydrogens is 300 g/mol. The van der Waals surface area contributed by atoms with E-state index >= 15 is 0 Å². The summed E-state index contributed by atoms with van der Waals surface area (Å²) in [7, 11) is -1.38. The monoisotopic (exact) mass is 324 g/mol. The Labute approximate surface area is 132 Å². The van der Waals surface area contributed by atoms with Crippen molar-refractivity contribution in [2.45, 2.75) is 42.9 Å². The first-order valence-electron chi connectivity index (χ1n) is 7.66. The molecule has 1 aliphatic rings. The maximum absolute atomic E-state index is 12.5. The number of nitrogens with one attached hydrogen (secondary N) is 1. The van der Waals surface area contributed by atoms with Gasteiger partial charge in [0.25, 0.3) is 5.91 Å². The van der Waals surface area contributed by atoms with E-state index in [1.54, 1.807) is 26.0 Å². The molecule has 0 aromatic heterocycles. The standard InChI is InChI=1S/C16H24N2O3S/c1-12(2)22(20,21)15-8-6-13(7-9-15)16(19)18-10-4-5-14(11-18)17-3/h6-9,12,14,17H,4-5,10-11H2,1-3H3/t14-/m0/s1. The van der Waals surface area contributed by atoms with Crippen LogP contribution >= 0.6 is 0 Å². The van der Waals surface area contributed by atoms with E-state index in [1.807, 2.05) is 11.9 Å². The highest BCUT2D eigenvalue weighted by atomic mass is 32.2. The molecule has 1 atom stereocenters. The van der Waals surface area contributed by atoms with Crippen molar-refractivity contribution in [2.75, 3.05) is 20.1 Å². The molecule has 0 saturated carbocycles. The van der Waals surface area contributed by atoms with Gasteiger partial charge in [-0.3, -0.25) is 4.79 Å². The zero-order valence-corrected chi connectivity index (χ0v) is 14.2. The molecule has 0 bridgehead atoms. The molecule has 1 N–H and O–H groups in total. The Morgan fingerprint density at radius 1 is 1.27 bits per heavy atom. The molecule has 6 heteroatoms. The second-order valence-electron chi connectivity index (χ2n) is 6.00. The van der Waals surface area contributed by atoms with Gasteiger partial charge in [0.1, 0.15) is 0 Å². The van der Waals surface area contributed by atoms with Gasteiger partial charge in [-0.1, -0.05) is 0 Å². The van der Waals surface area contributed by atoms with Crippen LogP contribution in [0.15, 0.2) is 29.2 Å². The average molecular weight is 324 g/mol. The third-order valence-electron chi connectivity index (χ3n) is 4.17. The summed E-state index contributed by atoms with van der Waals surface area (Å²) in [5, 5.41) is 2.74. The van der Waals surface area contributed by atoms with Gasteiger partial charge < -0.3 is 10.2 Å². The Morgan fingerprint density at radius 3 is 2.45 bits per heavy atom. The summed E-state index contributed by atoms with van der Waals surface area (Å²) in [6.07, 6.45) is 2.06. The molecule has 1 fully saturated rings. The lowest BCUT2D eigenvalue weighted by molar-refractivity contribution is 0.0698. The second-order valence-corrected chi connectivity index (χ2v) is 8.50. The Kier molecular flexibility index (Phi) is 5.24. The van der Waals surface area contributed by atoms with Crippen LogP contribution in [-0.4, -0.2) is 50.7 Å². The summed E-state index contributed by atoms with van der Waals surface area (Å²) < 4.78 is 24.2. The first kappa shape index (κ1) is 17.0. The lowest BCUT2D eigenvalue weighted by Gasteiger charge is -2.32. The van der Waals surface area contributed by atoms with Gasteiger partial charge >= 0.3 is 0 Å². The van der Waals surface area contributed by atoms with Crippen molar-refractivity contribution in [1.29, 1.82) is 0 Å². The van der Waals surface area contributed by atoms with E-state index in [-0.39, 0.29) is 10.8 Å². The Morgan fingerprint density at radius 2 is 1.91 bits per heavy atom. The first-order chi connectivity index (χ1) is 10.4. The highest BCUT2D eigenvalue weighted by Gasteiger charge is 2.24. The summed E-state index contributed by atoms with van der Waals surface area (Å²) in [5.74, 6) is -0.0338. The van der Waals surface area contributed by atoms with Crippen LogP contribution in [0.2, 0.25) is 0 Å². The molecule has 1 aliphatic heterocycles. The van der Waals surface area contributed by atoms with Gasteiger partial charge in [-0.15, -0.1) is 0 Å². The first-order valence-corrected chi connectivity index (χ1v) is 9.21. The molecule has 0 unspecified atom stereocenters. The predicted octanol–water partition coefficient (Wildman–Crippen LogP) is 1.69.